The van der Waals surface area contributed by atoms with Gasteiger partial charge in [0.05, 0.1) is 14.2 Å². The van der Waals surface area contributed by atoms with Crippen LogP contribution in [0.15, 0.2) is 24.3 Å². The largest absolute Gasteiger partial charge is 0.497 e. The summed E-state index contributed by atoms with van der Waals surface area (Å²) in [7, 11) is 3.00. The number of esters is 1. The average Bonchev–Trinajstić information content (AvgIpc) is 2.64. The molecule has 1 N–H and O–H groups in total. The van der Waals surface area contributed by atoms with E-state index in [2.05, 4.69) is 5.32 Å². The number of rotatable bonds is 5. The van der Waals surface area contributed by atoms with Gasteiger partial charge in [0.2, 0.25) is 0 Å². The number of benzene rings is 1. The third-order valence-electron chi connectivity index (χ3n) is 6.76. The van der Waals surface area contributed by atoms with E-state index in [0.29, 0.717) is 29.1 Å². The second-order valence-corrected chi connectivity index (χ2v) is 8.44. The van der Waals surface area contributed by atoms with E-state index in [1.807, 2.05) is 0 Å². The van der Waals surface area contributed by atoms with E-state index in [-0.39, 0.29) is 17.3 Å². The lowest BCUT2D eigenvalue weighted by Gasteiger charge is -2.58. The highest BCUT2D eigenvalue weighted by atomic mass is 16.5. The van der Waals surface area contributed by atoms with Crippen LogP contribution in [0.1, 0.15) is 48.9 Å². The molecule has 0 saturated heterocycles. The Morgan fingerprint density at radius 1 is 1.00 bits per heavy atom. The Morgan fingerprint density at radius 3 is 2.00 bits per heavy atom. The lowest BCUT2D eigenvalue weighted by atomic mass is 9.47. The fraction of sp³-hybridized carbons (Fsp3) is 0.619. The maximum absolute atomic E-state index is 12.8. The van der Waals surface area contributed by atoms with Gasteiger partial charge in [-0.25, -0.2) is 4.79 Å². The van der Waals surface area contributed by atoms with Gasteiger partial charge in [-0.3, -0.25) is 4.79 Å². The molecule has 0 radical (unpaired) electrons. The van der Waals surface area contributed by atoms with Gasteiger partial charge in [0, 0.05) is 11.0 Å². The normalized spacial score (nSPS) is 32.8. The van der Waals surface area contributed by atoms with Crippen molar-refractivity contribution in [1.29, 1.82) is 0 Å². The van der Waals surface area contributed by atoms with Crippen molar-refractivity contribution in [2.45, 2.75) is 44.6 Å². The molecule has 1 aromatic rings. The number of carbonyl (C=O) groups excluding carboxylic acids is 2. The zero-order chi connectivity index (χ0) is 18.3. The van der Waals surface area contributed by atoms with Gasteiger partial charge in [-0.2, -0.15) is 0 Å². The van der Waals surface area contributed by atoms with Crippen LogP contribution in [0.5, 0.6) is 5.75 Å². The topological polar surface area (TPSA) is 64.6 Å². The molecule has 0 heterocycles. The summed E-state index contributed by atoms with van der Waals surface area (Å²) in [6, 6.07) is 6.40. The fourth-order valence-electron chi connectivity index (χ4n) is 6.07. The Labute approximate surface area is 154 Å². The van der Waals surface area contributed by atoms with Crippen LogP contribution >= 0.6 is 0 Å². The van der Waals surface area contributed by atoms with Crippen LogP contribution in [0, 0.1) is 23.2 Å². The van der Waals surface area contributed by atoms with E-state index in [4.69, 9.17) is 9.47 Å². The zero-order valence-electron chi connectivity index (χ0n) is 15.5. The van der Waals surface area contributed by atoms with Crippen molar-refractivity contribution in [2.75, 3.05) is 14.2 Å². The predicted molar refractivity (Wildman–Crippen MR) is 96.9 cm³/mol. The summed E-state index contributed by atoms with van der Waals surface area (Å²) < 4.78 is 10.2. The van der Waals surface area contributed by atoms with Crippen LogP contribution in [0.3, 0.4) is 0 Å². The first-order valence-electron chi connectivity index (χ1n) is 9.56. The molecule has 5 heteroatoms. The Morgan fingerprint density at radius 2 is 1.54 bits per heavy atom. The van der Waals surface area contributed by atoms with Gasteiger partial charge in [0.25, 0.3) is 5.91 Å². The Balaban J connectivity index is 1.57. The molecule has 0 unspecified atom stereocenters. The maximum atomic E-state index is 12.8. The Hall–Kier alpha value is -2.04. The van der Waals surface area contributed by atoms with Crippen molar-refractivity contribution in [2.24, 2.45) is 23.2 Å². The van der Waals surface area contributed by atoms with Crippen LogP contribution in [-0.2, 0) is 9.53 Å². The lowest BCUT2D eigenvalue weighted by Crippen LogP contribution is -2.60. The molecular formula is C21H27NO4. The SMILES string of the molecule is COC(=O)[C@@H](NC(=O)c1ccc(OC)cc1)C12CC3CC(CC(C3)C1)C2. The molecule has 1 atom stereocenters. The summed E-state index contributed by atoms with van der Waals surface area (Å²) in [4.78, 5) is 25.4. The molecule has 4 aliphatic carbocycles. The maximum Gasteiger partial charge on any atom is 0.328 e. The molecule has 5 nitrogen and oxygen atoms in total. The average molecular weight is 357 g/mol. The van der Waals surface area contributed by atoms with Crippen molar-refractivity contribution in [3.05, 3.63) is 29.8 Å². The molecular weight excluding hydrogens is 330 g/mol. The molecule has 4 saturated carbocycles. The second-order valence-electron chi connectivity index (χ2n) is 8.44. The molecule has 0 spiro atoms. The van der Waals surface area contributed by atoms with Gasteiger partial charge >= 0.3 is 5.97 Å². The third kappa shape index (κ3) is 2.97. The molecule has 4 bridgehead atoms. The number of nitrogens with one attached hydrogen (secondary N) is 1. The number of ether oxygens (including phenoxy) is 2. The Bertz CT molecular complexity index is 661. The van der Waals surface area contributed by atoms with E-state index >= 15 is 0 Å². The van der Waals surface area contributed by atoms with E-state index in [9.17, 15) is 9.59 Å². The van der Waals surface area contributed by atoms with E-state index in [1.54, 1.807) is 31.4 Å². The van der Waals surface area contributed by atoms with Crippen LogP contribution in [0.4, 0.5) is 0 Å². The first-order valence-corrected chi connectivity index (χ1v) is 9.56. The van der Waals surface area contributed by atoms with Gasteiger partial charge < -0.3 is 14.8 Å². The molecule has 140 valence electrons. The molecule has 1 aromatic carbocycles. The predicted octanol–water partition coefficient (Wildman–Crippen LogP) is 3.18. The molecule has 0 aromatic heterocycles. The van der Waals surface area contributed by atoms with E-state index in [0.717, 1.165) is 19.3 Å². The quantitative estimate of drug-likeness (QED) is 0.822. The first kappa shape index (κ1) is 17.4. The third-order valence-corrected chi connectivity index (χ3v) is 6.76. The number of methoxy groups -OCH3 is 2. The van der Waals surface area contributed by atoms with E-state index in [1.165, 1.54) is 26.4 Å². The monoisotopic (exact) mass is 357 g/mol. The molecule has 4 aliphatic rings. The van der Waals surface area contributed by atoms with Crippen LogP contribution in [-0.4, -0.2) is 32.1 Å². The summed E-state index contributed by atoms with van der Waals surface area (Å²) in [5.41, 5.74) is 0.397. The number of amides is 1. The highest BCUT2D eigenvalue weighted by Gasteiger charge is 2.56. The van der Waals surface area contributed by atoms with Crippen molar-refractivity contribution < 1.29 is 19.1 Å². The van der Waals surface area contributed by atoms with Crippen molar-refractivity contribution in [3.63, 3.8) is 0 Å². The molecule has 0 aliphatic heterocycles. The minimum absolute atomic E-state index is 0.135. The van der Waals surface area contributed by atoms with Gasteiger partial charge in [-0.05, 0) is 80.5 Å². The number of hydrogen-bond acceptors (Lipinski definition) is 4. The standard InChI is InChI=1S/C21H27NO4/c1-25-17-5-3-16(4-6-17)19(23)22-18(20(24)26-2)21-10-13-7-14(11-21)9-15(8-13)12-21/h3-6,13-15,18H,7-12H2,1-2H3,(H,22,23)/t13?,14?,15?,18-,21?/m1/s1. The van der Waals surface area contributed by atoms with Gasteiger partial charge in [0.1, 0.15) is 11.8 Å². The van der Waals surface area contributed by atoms with Crippen LogP contribution < -0.4 is 10.1 Å². The smallest absolute Gasteiger partial charge is 0.328 e. The minimum Gasteiger partial charge on any atom is -0.497 e. The van der Waals surface area contributed by atoms with Crippen LogP contribution in [0.2, 0.25) is 0 Å². The summed E-state index contributed by atoms with van der Waals surface area (Å²) in [6.45, 7) is 0. The Kier molecular flexibility index (Phi) is 4.41. The zero-order valence-corrected chi connectivity index (χ0v) is 15.5. The van der Waals surface area contributed by atoms with E-state index < -0.39 is 6.04 Å². The summed E-state index contributed by atoms with van der Waals surface area (Å²) in [6.07, 6.45) is 6.96. The van der Waals surface area contributed by atoms with Gasteiger partial charge in [-0.1, -0.05) is 0 Å². The van der Waals surface area contributed by atoms with Crippen molar-refractivity contribution in [3.8, 4) is 5.75 Å². The number of hydrogen-bond donors (Lipinski definition) is 1. The highest BCUT2D eigenvalue weighted by Crippen LogP contribution is 2.61. The lowest BCUT2D eigenvalue weighted by molar-refractivity contribution is -0.154. The van der Waals surface area contributed by atoms with Crippen molar-refractivity contribution >= 4 is 11.9 Å². The molecule has 5 rings (SSSR count). The summed E-state index contributed by atoms with van der Waals surface area (Å²) in [5, 5.41) is 3.02. The summed E-state index contributed by atoms with van der Waals surface area (Å²) in [5.74, 6) is 2.27. The fourth-order valence-corrected chi connectivity index (χ4v) is 6.07. The molecule has 1 amide bonds. The van der Waals surface area contributed by atoms with Gasteiger partial charge in [0.15, 0.2) is 0 Å². The second kappa shape index (κ2) is 6.60. The minimum atomic E-state index is -0.560. The number of carbonyl (C=O) groups is 2. The highest BCUT2D eigenvalue weighted by molar-refractivity contribution is 5.97. The molecule has 4 fully saturated rings. The summed E-state index contributed by atoms with van der Waals surface area (Å²) >= 11 is 0. The van der Waals surface area contributed by atoms with Crippen molar-refractivity contribution in [1.82, 2.24) is 5.32 Å². The first-order chi connectivity index (χ1) is 12.5. The van der Waals surface area contributed by atoms with Crippen LogP contribution in [0.25, 0.3) is 0 Å². The van der Waals surface area contributed by atoms with Gasteiger partial charge in [-0.15, -0.1) is 0 Å². The molecule has 26 heavy (non-hydrogen) atoms.